The molecule has 29 heavy (non-hydrogen) atoms. The summed E-state index contributed by atoms with van der Waals surface area (Å²) < 4.78 is 10.3. The van der Waals surface area contributed by atoms with Gasteiger partial charge in [0.2, 0.25) is 5.91 Å². The summed E-state index contributed by atoms with van der Waals surface area (Å²) in [7, 11) is 0. The lowest BCUT2D eigenvalue weighted by Gasteiger charge is -2.14. The first-order valence-electron chi connectivity index (χ1n) is 8.98. The van der Waals surface area contributed by atoms with Crippen LogP contribution in [0.5, 0.6) is 5.75 Å². The molecule has 0 aliphatic rings. The quantitative estimate of drug-likeness (QED) is 0.643. The summed E-state index contributed by atoms with van der Waals surface area (Å²) in [4.78, 5) is 35.7. The zero-order chi connectivity index (χ0) is 21.4. The van der Waals surface area contributed by atoms with Crippen molar-refractivity contribution >= 4 is 35.1 Å². The predicted octanol–water partition coefficient (Wildman–Crippen LogP) is 3.02. The Bertz CT molecular complexity index is 883. The number of esters is 1. The van der Waals surface area contributed by atoms with Crippen molar-refractivity contribution in [3.8, 4) is 5.75 Å². The molecule has 0 fully saturated rings. The molecule has 2 amide bonds. The summed E-state index contributed by atoms with van der Waals surface area (Å²) in [6.45, 7) is 4.60. The highest BCUT2D eigenvalue weighted by Crippen LogP contribution is 2.18. The van der Waals surface area contributed by atoms with Gasteiger partial charge in [-0.3, -0.25) is 9.59 Å². The Morgan fingerprint density at radius 3 is 2.41 bits per heavy atom. The van der Waals surface area contributed by atoms with Crippen LogP contribution in [-0.2, 0) is 19.1 Å². The third-order valence-corrected chi connectivity index (χ3v) is 4.38. The van der Waals surface area contributed by atoms with Crippen LogP contribution in [0.4, 0.5) is 5.69 Å². The van der Waals surface area contributed by atoms with Crippen molar-refractivity contribution in [1.82, 2.24) is 5.32 Å². The molecule has 1 atom stereocenters. The fourth-order valence-electron chi connectivity index (χ4n) is 2.33. The Labute approximate surface area is 174 Å². The molecule has 8 heteroatoms. The highest BCUT2D eigenvalue weighted by atomic mass is 35.5. The summed E-state index contributed by atoms with van der Waals surface area (Å²) in [6, 6.07) is 12.1. The Kier molecular flexibility index (Phi) is 8.03. The van der Waals surface area contributed by atoms with E-state index >= 15 is 0 Å². The number of anilines is 1. The van der Waals surface area contributed by atoms with Gasteiger partial charge in [-0.05, 0) is 62.2 Å². The van der Waals surface area contributed by atoms with E-state index in [9.17, 15) is 14.4 Å². The lowest BCUT2D eigenvalue weighted by atomic mass is 10.1. The maximum atomic E-state index is 12.0. The molecule has 0 saturated heterocycles. The van der Waals surface area contributed by atoms with E-state index in [0.717, 1.165) is 11.1 Å². The van der Waals surface area contributed by atoms with Crippen LogP contribution in [0.2, 0.25) is 5.02 Å². The van der Waals surface area contributed by atoms with Crippen LogP contribution >= 0.6 is 11.6 Å². The second-order valence-electron chi connectivity index (χ2n) is 6.39. The molecule has 2 aromatic rings. The van der Waals surface area contributed by atoms with Crippen molar-refractivity contribution < 1.29 is 23.9 Å². The SMILES string of the molecule is Cc1cccc(NC(=O)CNC(=O)COC(=O)[C@H](C)Oc2ccc(Cl)cc2)c1C. The van der Waals surface area contributed by atoms with Crippen LogP contribution in [0.25, 0.3) is 0 Å². The van der Waals surface area contributed by atoms with Crippen LogP contribution < -0.4 is 15.4 Å². The standard InChI is InChI=1S/C21H23ClN2O5/c1-13-5-4-6-18(14(13)2)24-19(25)11-23-20(26)12-28-21(27)15(3)29-17-9-7-16(22)8-10-17/h4-10,15H,11-12H2,1-3H3,(H,23,26)(H,24,25)/t15-/m0/s1. The van der Waals surface area contributed by atoms with Gasteiger partial charge in [0.15, 0.2) is 12.7 Å². The van der Waals surface area contributed by atoms with Crippen LogP contribution in [0, 0.1) is 13.8 Å². The number of amides is 2. The zero-order valence-electron chi connectivity index (χ0n) is 16.5. The summed E-state index contributed by atoms with van der Waals surface area (Å²) in [5.74, 6) is -1.22. The number of carbonyl (C=O) groups excluding carboxylic acids is 3. The Morgan fingerprint density at radius 1 is 1.03 bits per heavy atom. The van der Waals surface area contributed by atoms with Crippen molar-refractivity contribution in [2.75, 3.05) is 18.5 Å². The molecular formula is C21H23ClN2O5. The second kappa shape index (κ2) is 10.5. The molecule has 2 rings (SSSR count). The molecule has 0 radical (unpaired) electrons. The molecule has 0 bridgehead atoms. The lowest BCUT2D eigenvalue weighted by Crippen LogP contribution is -2.37. The van der Waals surface area contributed by atoms with E-state index in [1.807, 2.05) is 26.0 Å². The Morgan fingerprint density at radius 2 is 1.72 bits per heavy atom. The van der Waals surface area contributed by atoms with Crippen molar-refractivity contribution in [1.29, 1.82) is 0 Å². The summed E-state index contributed by atoms with van der Waals surface area (Å²) in [5, 5.41) is 5.68. The second-order valence-corrected chi connectivity index (χ2v) is 6.83. The molecule has 0 aromatic heterocycles. The number of rotatable bonds is 8. The van der Waals surface area contributed by atoms with Gasteiger partial charge in [-0.2, -0.15) is 0 Å². The molecule has 2 N–H and O–H groups in total. The van der Waals surface area contributed by atoms with Gasteiger partial charge in [0.05, 0.1) is 6.54 Å². The molecule has 0 heterocycles. The predicted molar refractivity (Wildman–Crippen MR) is 110 cm³/mol. The van der Waals surface area contributed by atoms with E-state index in [1.165, 1.54) is 6.92 Å². The third-order valence-electron chi connectivity index (χ3n) is 4.13. The first-order chi connectivity index (χ1) is 13.8. The molecule has 0 saturated carbocycles. The monoisotopic (exact) mass is 418 g/mol. The number of aryl methyl sites for hydroxylation is 1. The fourth-order valence-corrected chi connectivity index (χ4v) is 2.46. The van der Waals surface area contributed by atoms with E-state index < -0.39 is 24.6 Å². The topological polar surface area (TPSA) is 93.7 Å². The minimum absolute atomic E-state index is 0.236. The zero-order valence-corrected chi connectivity index (χ0v) is 17.2. The molecule has 154 valence electrons. The van der Waals surface area contributed by atoms with E-state index in [1.54, 1.807) is 30.3 Å². The number of halogens is 1. The number of hydrogen-bond donors (Lipinski definition) is 2. The first-order valence-corrected chi connectivity index (χ1v) is 9.35. The first kappa shape index (κ1) is 22.2. The highest BCUT2D eigenvalue weighted by Gasteiger charge is 2.18. The van der Waals surface area contributed by atoms with Gasteiger partial charge in [-0.15, -0.1) is 0 Å². The molecule has 7 nitrogen and oxygen atoms in total. The smallest absolute Gasteiger partial charge is 0.347 e. The van der Waals surface area contributed by atoms with Crippen LogP contribution in [0.15, 0.2) is 42.5 Å². The lowest BCUT2D eigenvalue weighted by molar-refractivity contribution is -0.154. The average Bonchev–Trinajstić information content (AvgIpc) is 2.69. The Hall–Kier alpha value is -3.06. The van der Waals surface area contributed by atoms with E-state index in [-0.39, 0.29) is 12.5 Å². The number of carbonyl (C=O) groups is 3. The molecule has 0 unspecified atom stereocenters. The van der Waals surface area contributed by atoms with Gasteiger partial charge < -0.3 is 20.1 Å². The van der Waals surface area contributed by atoms with Gasteiger partial charge in [-0.25, -0.2) is 4.79 Å². The molecule has 0 aliphatic heterocycles. The van der Waals surface area contributed by atoms with Crippen molar-refractivity contribution in [3.63, 3.8) is 0 Å². The number of benzene rings is 2. The van der Waals surface area contributed by atoms with Gasteiger partial charge in [0.25, 0.3) is 5.91 Å². The van der Waals surface area contributed by atoms with Crippen molar-refractivity contribution in [3.05, 3.63) is 58.6 Å². The molecule has 0 aliphatic carbocycles. The summed E-state index contributed by atoms with van der Waals surface area (Å²) in [5.41, 5.74) is 2.69. The molecule has 2 aromatic carbocycles. The fraction of sp³-hybridized carbons (Fsp3) is 0.286. The largest absolute Gasteiger partial charge is 0.479 e. The maximum absolute atomic E-state index is 12.0. The minimum Gasteiger partial charge on any atom is -0.479 e. The van der Waals surface area contributed by atoms with Crippen LogP contribution in [0.1, 0.15) is 18.1 Å². The number of ether oxygens (including phenoxy) is 2. The van der Waals surface area contributed by atoms with Gasteiger partial charge in [-0.1, -0.05) is 23.7 Å². The molecular weight excluding hydrogens is 396 g/mol. The Balaban J connectivity index is 1.71. The van der Waals surface area contributed by atoms with Crippen molar-refractivity contribution in [2.45, 2.75) is 26.9 Å². The van der Waals surface area contributed by atoms with Crippen LogP contribution in [0.3, 0.4) is 0 Å². The highest BCUT2D eigenvalue weighted by molar-refractivity contribution is 6.30. The van der Waals surface area contributed by atoms with E-state index in [4.69, 9.17) is 21.1 Å². The van der Waals surface area contributed by atoms with E-state index in [2.05, 4.69) is 10.6 Å². The van der Waals surface area contributed by atoms with Gasteiger partial charge in [0, 0.05) is 10.7 Å². The summed E-state index contributed by atoms with van der Waals surface area (Å²) in [6.07, 6.45) is -0.906. The van der Waals surface area contributed by atoms with Gasteiger partial charge in [0.1, 0.15) is 5.75 Å². The summed E-state index contributed by atoms with van der Waals surface area (Å²) >= 11 is 5.79. The number of nitrogens with one attached hydrogen (secondary N) is 2. The number of hydrogen-bond acceptors (Lipinski definition) is 5. The minimum atomic E-state index is -0.906. The average molecular weight is 419 g/mol. The van der Waals surface area contributed by atoms with Gasteiger partial charge >= 0.3 is 5.97 Å². The molecule has 0 spiro atoms. The normalized spacial score (nSPS) is 11.3. The van der Waals surface area contributed by atoms with Crippen LogP contribution in [-0.4, -0.2) is 37.0 Å². The van der Waals surface area contributed by atoms with Crippen molar-refractivity contribution in [2.24, 2.45) is 0 Å². The third kappa shape index (κ3) is 7.12. The maximum Gasteiger partial charge on any atom is 0.347 e. The van der Waals surface area contributed by atoms with E-state index in [0.29, 0.717) is 16.5 Å².